The summed E-state index contributed by atoms with van der Waals surface area (Å²) in [6, 6.07) is 16.0. The van der Waals surface area contributed by atoms with Crippen LogP contribution < -0.4 is 5.32 Å². The molecule has 0 aliphatic carbocycles. The molecule has 3 atom stereocenters. The van der Waals surface area contributed by atoms with Crippen LogP contribution in [0.5, 0.6) is 0 Å². The Balaban J connectivity index is 1.48. The van der Waals surface area contributed by atoms with E-state index in [4.69, 9.17) is 16.3 Å². The van der Waals surface area contributed by atoms with Crippen molar-refractivity contribution >= 4 is 23.4 Å². The van der Waals surface area contributed by atoms with Gasteiger partial charge in [0, 0.05) is 41.7 Å². The molecule has 7 heteroatoms. The lowest BCUT2D eigenvalue weighted by Gasteiger charge is -2.51. The molecule has 6 nitrogen and oxygen atoms in total. The van der Waals surface area contributed by atoms with Crippen molar-refractivity contribution in [3.63, 3.8) is 0 Å². The van der Waals surface area contributed by atoms with E-state index in [1.54, 1.807) is 24.3 Å². The quantitative estimate of drug-likeness (QED) is 0.715. The summed E-state index contributed by atoms with van der Waals surface area (Å²) in [4.78, 5) is 28.1. The van der Waals surface area contributed by atoms with E-state index in [1.165, 1.54) is 0 Å². The van der Waals surface area contributed by atoms with Crippen molar-refractivity contribution < 1.29 is 19.4 Å². The van der Waals surface area contributed by atoms with Gasteiger partial charge in [-0.15, -0.1) is 0 Å². The van der Waals surface area contributed by atoms with Crippen molar-refractivity contribution in [1.82, 2.24) is 10.2 Å². The van der Waals surface area contributed by atoms with Crippen LogP contribution in [0, 0.1) is 11.3 Å². The van der Waals surface area contributed by atoms with Crippen LogP contribution in [0.3, 0.4) is 0 Å². The third-order valence-electron chi connectivity index (χ3n) is 7.11. The number of nitrogens with one attached hydrogen (secondary N) is 1. The van der Waals surface area contributed by atoms with E-state index in [-0.39, 0.29) is 24.5 Å². The number of nitrogens with zero attached hydrogens (tertiary/aromatic N) is 1. The summed E-state index contributed by atoms with van der Waals surface area (Å²) in [5.74, 6) is -0.681. The summed E-state index contributed by atoms with van der Waals surface area (Å²) in [6.07, 6.45) is 1.00. The standard InChI is InChI=1S/C26H31ClN2O4/c1-25(2)17-29(14-13-26(25,32)19-8-10-20(27)11-9-19)24(31)21-16-33-15-12-22(21)28-23(30)18-6-4-3-5-7-18/h3-11,21-22,32H,12-17H2,1-2H3,(H,28,30)/t21-,22+,26-/m0/s1. The molecule has 0 saturated carbocycles. The first-order chi connectivity index (χ1) is 15.7. The zero-order valence-electron chi connectivity index (χ0n) is 19.1. The minimum Gasteiger partial charge on any atom is -0.384 e. The summed E-state index contributed by atoms with van der Waals surface area (Å²) in [6.45, 7) is 5.57. The molecule has 2 heterocycles. The predicted molar refractivity (Wildman–Crippen MR) is 127 cm³/mol. The molecule has 2 saturated heterocycles. The number of amides is 2. The second-order valence-electron chi connectivity index (χ2n) is 9.68. The van der Waals surface area contributed by atoms with Gasteiger partial charge < -0.3 is 20.1 Å². The van der Waals surface area contributed by atoms with Gasteiger partial charge in [0.25, 0.3) is 5.91 Å². The zero-order chi connectivity index (χ0) is 23.6. The highest BCUT2D eigenvalue weighted by Gasteiger charge is 2.50. The number of aliphatic hydroxyl groups is 1. The lowest BCUT2D eigenvalue weighted by Crippen LogP contribution is -2.60. The summed E-state index contributed by atoms with van der Waals surface area (Å²) in [5.41, 5.74) is -0.272. The Morgan fingerprint density at radius 2 is 1.82 bits per heavy atom. The molecule has 2 aliphatic rings. The molecule has 2 aromatic carbocycles. The molecule has 0 spiro atoms. The van der Waals surface area contributed by atoms with Gasteiger partial charge in [-0.2, -0.15) is 0 Å². The van der Waals surface area contributed by atoms with Crippen LogP contribution >= 0.6 is 11.6 Å². The molecule has 2 fully saturated rings. The van der Waals surface area contributed by atoms with E-state index in [1.807, 2.05) is 49.1 Å². The topological polar surface area (TPSA) is 78.9 Å². The Morgan fingerprint density at radius 3 is 2.48 bits per heavy atom. The van der Waals surface area contributed by atoms with Crippen LogP contribution in [0.25, 0.3) is 0 Å². The summed E-state index contributed by atoms with van der Waals surface area (Å²) in [5, 5.41) is 15.3. The number of ether oxygens (including phenoxy) is 1. The maximum Gasteiger partial charge on any atom is 0.251 e. The Morgan fingerprint density at radius 1 is 1.12 bits per heavy atom. The van der Waals surface area contributed by atoms with Crippen molar-refractivity contribution in [3.05, 3.63) is 70.7 Å². The Hall–Kier alpha value is -2.41. The maximum absolute atomic E-state index is 13.6. The van der Waals surface area contributed by atoms with Gasteiger partial charge in [-0.25, -0.2) is 0 Å². The molecule has 4 rings (SSSR count). The average molecular weight is 471 g/mol. The van der Waals surface area contributed by atoms with E-state index in [2.05, 4.69) is 5.32 Å². The highest BCUT2D eigenvalue weighted by molar-refractivity contribution is 6.30. The van der Waals surface area contributed by atoms with Crippen LogP contribution in [0.4, 0.5) is 0 Å². The fourth-order valence-electron chi connectivity index (χ4n) is 5.00. The molecule has 2 aromatic rings. The number of likely N-dealkylation sites (tertiary alicyclic amines) is 1. The molecule has 176 valence electrons. The number of piperidine rings is 1. The van der Waals surface area contributed by atoms with E-state index >= 15 is 0 Å². The molecule has 0 bridgehead atoms. The minimum atomic E-state index is -1.07. The first kappa shape index (κ1) is 23.7. The lowest BCUT2D eigenvalue weighted by molar-refractivity contribution is -0.160. The smallest absolute Gasteiger partial charge is 0.251 e. The average Bonchev–Trinajstić information content (AvgIpc) is 2.81. The highest BCUT2D eigenvalue weighted by Crippen LogP contribution is 2.46. The van der Waals surface area contributed by atoms with Crippen LogP contribution in [0.1, 0.15) is 42.6 Å². The van der Waals surface area contributed by atoms with Crippen molar-refractivity contribution in [2.45, 2.75) is 38.3 Å². The monoisotopic (exact) mass is 470 g/mol. The second-order valence-corrected chi connectivity index (χ2v) is 10.1. The van der Waals surface area contributed by atoms with Gasteiger partial charge in [-0.1, -0.05) is 55.8 Å². The SMILES string of the molecule is CC1(C)CN(C(=O)[C@H]2COCC[C@H]2NC(=O)c2ccccc2)CC[C@]1(O)c1ccc(Cl)cc1. The summed E-state index contributed by atoms with van der Waals surface area (Å²) < 4.78 is 5.62. The van der Waals surface area contributed by atoms with Crippen LogP contribution in [-0.2, 0) is 15.1 Å². The number of carbonyl (C=O) groups excluding carboxylic acids is 2. The van der Waals surface area contributed by atoms with Gasteiger partial charge in [0.15, 0.2) is 0 Å². The molecule has 0 aromatic heterocycles. The molecule has 2 aliphatic heterocycles. The van der Waals surface area contributed by atoms with Gasteiger partial charge in [-0.3, -0.25) is 9.59 Å². The second kappa shape index (κ2) is 9.45. The first-order valence-electron chi connectivity index (χ1n) is 11.4. The molecular formula is C26H31ClN2O4. The third kappa shape index (κ3) is 4.79. The van der Waals surface area contributed by atoms with Gasteiger partial charge in [0.2, 0.25) is 5.91 Å². The van der Waals surface area contributed by atoms with Crippen LogP contribution in [0.15, 0.2) is 54.6 Å². The zero-order valence-corrected chi connectivity index (χ0v) is 19.8. The van der Waals surface area contributed by atoms with Crippen molar-refractivity contribution in [1.29, 1.82) is 0 Å². The van der Waals surface area contributed by atoms with E-state index in [0.29, 0.717) is 43.1 Å². The van der Waals surface area contributed by atoms with E-state index in [0.717, 1.165) is 5.56 Å². The molecular weight excluding hydrogens is 440 g/mol. The Labute approximate surface area is 199 Å². The number of rotatable bonds is 4. The largest absolute Gasteiger partial charge is 0.384 e. The van der Waals surface area contributed by atoms with Crippen molar-refractivity contribution in [3.8, 4) is 0 Å². The van der Waals surface area contributed by atoms with Crippen LogP contribution in [0.2, 0.25) is 5.02 Å². The molecule has 33 heavy (non-hydrogen) atoms. The molecule has 0 radical (unpaired) electrons. The number of halogens is 1. The number of benzene rings is 2. The summed E-state index contributed by atoms with van der Waals surface area (Å²) in [7, 11) is 0. The van der Waals surface area contributed by atoms with E-state index in [9.17, 15) is 14.7 Å². The number of carbonyl (C=O) groups is 2. The van der Waals surface area contributed by atoms with Crippen molar-refractivity contribution in [2.75, 3.05) is 26.3 Å². The molecule has 2 amide bonds. The van der Waals surface area contributed by atoms with Gasteiger partial charge in [-0.05, 0) is 42.7 Å². The number of hydrogen-bond acceptors (Lipinski definition) is 4. The lowest BCUT2D eigenvalue weighted by atomic mass is 9.66. The fourth-order valence-corrected chi connectivity index (χ4v) is 5.13. The van der Waals surface area contributed by atoms with Gasteiger partial charge >= 0.3 is 0 Å². The summed E-state index contributed by atoms with van der Waals surface area (Å²) >= 11 is 6.03. The normalized spacial score (nSPS) is 27.1. The molecule has 0 unspecified atom stereocenters. The molecule has 2 N–H and O–H groups in total. The Bertz CT molecular complexity index is 995. The van der Waals surface area contributed by atoms with Crippen LogP contribution in [-0.4, -0.2) is 54.2 Å². The van der Waals surface area contributed by atoms with Crippen molar-refractivity contribution in [2.24, 2.45) is 11.3 Å². The third-order valence-corrected chi connectivity index (χ3v) is 7.36. The predicted octanol–water partition coefficient (Wildman–Crippen LogP) is 3.62. The number of hydrogen-bond donors (Lipinski definition) is 2. The van der Waals surface area contributed by atoms with Gasteiger partial charge in [0.1, 0.15) is 0 Å². The van der Waals surface area contributed by atoms with Gasteiger partial charge in [0.05, 0.1) is 18.1 Å². The maximum atomic E-state index is 13.6. The minimum absolute atomic E-state index is 0.0423. The highest BCUT2D eigenvalue weighted by atomic mass is 35.5. The Kier molecular flexibility index (Phi) is 6.80. The fraction of sp³-hybridized carbons (Fsp3) is 0.462. The van der Waals surface area contributed by atoms with E-state index < -0.39 is 16.9 Å². The first-order valence-corrected chi connectivity index (χ1v) is 11.8.